The highest BCUT2D eigenvalue weighted by Gasteiger charge is 2.12. The van der Waals surface area contributed by atoms with Crippen molar-refractivity contribution < 1.29 is 4.79 Å². The summed E-state index contributed by atoms with van der Waals surface area (Å²) in [7, 11) is 1.83. The average Bonchev–Trinajstić information content (AvgIpc) is 2.97. The number of aryl methyl sites for hydroxylation is 1. The lowest BCUT2D eigenvalue weighted by Gasteiger charge is -2.17. The zero-order chi connectivity index (χ0) is 14.5. The molecule has 1 amide bonds. The molecule has 0 aliphatic carbocycles. The highest BCUT2D eigenvalue weighted by atomic mass is 32.1. The molecular weight excluding hydrogens is 270 g/mol. The zero-order valence-corrected chi connectivity index (χ0v) is 12.5. The molecule has 3 N–H and O–H groups in total. The smallest absolute Gasteiger partial charge is 0.253 e. The lowest BCUT2D eigenvalue weighted by molar-refractivity contribution is 0.0797. The van der Waals surface area contributed by atoms with E-state index in [1.807, 2.05) is 32.2 Å². The Hall–Kier alpha value is -1.85. The summed E-state index contributed by atoms with van der Waals surface area (Å²) in [6.45, 7) is 2.65. The molecule has 1 aromatic carbocycles. The number of nitrogens with zero attached hydrogens (tertiary/aromatic N) is 1. The maximum absolute atomic E-state index is 12.3. The van der Waals surface area contributed by atoms with Crippen LogP contribution in [0.15, 0.2) is 35.7 Å². The minimum absolute atomic E-state index is 0.0354. The second kappa shape index (κ2) is 6.54. The van der Waals surface area contributed by atoms with Gasteiger partial charge in [-0.3, -0.25) is 10.6 Å². The molecule has 0 atom stereocenters. The van der Waals surface area contributed by atoms with Gasteiger partial charge in [-0.1, -0.05) is 6.07 Å². The Balaban J connectivity index is 2.01. The summed E-state index contributed by atoms with van der Waals surface area (Å²) in [5.74, 6) is 5.43. The second-order valence-electron chi connectivity index (χ2n) is 4.73. The van der Waals surface area contributed by atoms with Crippen molar-refractivity contribution in [3.05, 3.63) is 51.7 Å². The maximum Gasteiger partial charge on any atom is 0.253 e. The molecule has 2 rings (SSSR count). The fourth-order valence-electron chi connectivity index (χ4n) is 2.01. The highest BCUT2D eigenvalue weighted by molar-refractivity contribution is 7.09. The van der Waals surface area contributed by atoms with Crippen LogP contribution in [-0.2, 0) is 6.42 Å². The number of nitrogens with two attached hydrogens (primary N) is 1. The number of anilines is 1. The Morgan fingerprint density at radius 1 is 1.40 bits per heavy atom. The van der Waals surface area contributed by atoms with Crippen molar-refractivity contribution in [1.82, 2.24) is 4.90 Å². The quantitative estimate of drug-likeness (QED) is 0.657. The summed E-state index contributed by atoms with van der Waals surface area (Å²) in [4.78, 5) is 15.4. The predicted molar refractivity (Wildman–Crippen MR) is 84.0 cm³/mol. The van der Waals surface area contributed by atoms with Crippen molar-refractivity contribution in [2.45, 2.75) is 13.3 Å². The van der Waals surface area contributed by atoms with Gasteiger partial charge in [-0.05, 0) is 48.6 Å². The van der Waals surface area contributed by atoms with Gasteiger partial charge in [0.25, 0.3) is 5.91 Å². The lowest BCUT2D eigenvalue weighted by Crippen LogP contribution is -2.28. The highest BCUT2D eigenvalue weighted by Crippen LogP contribution is 2.17. The number of hydrogen-bond acceptors (Lipinski definition) is 4. The minimum atomic E-state index is 0.0354. The van der Waals surface area contributed by atoms with Gasteiger partial charge in [0.15, 0.2) is 0 Å². The average molecular weight is 289 g/mol. The number of nitrogens with one attached hydrogen (secondary N) is 1. The van der Waals surface area contributed by atoms with Gasteiger partial charge in [0.2, 0.25) is 0 Å². The van der Waals surface area contributed by atoms with Gasteiger partial charge in [-0.2, -0.15) is 0 Å². The van der Waals surface area contributed by atoms with Crippen LogP contribution in [0, 0.1) is 6.92 Å². The van der Waals surface area contributed by atoms with E-state index in [0.717, 1.165) is 24.2 Å². The topological polar surface area (TPSA) is 58.4 Å². The van der Waals surface area contributed by atoms with Gasteiger partial charge < -0.3 is 10.3 Å². The maximum atomic E-state index is 12.3. The number of nitrogen functional groups attached to an aromatic ring is 1. The molecule has 0 saturated heterocycles. The van der Waals surface area contributed by atoms with E-state index in [-0.39, 0.29) is 5.91 Å². The summed E-state index contributed by atoms with van der Waals surface area (Å²) < 4.78 is 0. The van der Waals surface area contributed by atoms with Gasteiger partial charge >= 0.3 is 0 Å². The summed E-state index contributed by atoms with van der Waals surface area (Å²) in [6.07, 6.45) is 0.890. The number of hydrogen-bond donors (Lipinski definition) is 2. The van der Waals surface area contributed by atoms with Gasteiger partial charge in [0.05, 0.1) is 5.69 Å². The third-order valence-corrected chi connectivity index (χ3v) is 4.19. The second-order valence-corrected chi connectivity index (χ2v) is 5.76. The van der Waals surface area contributed by atoms with Crippen LogP contribution < -0.4 is 11.3 Å². The number of carbonyl (C=O) groups is 1. The molecule has 0 saturated carbocycles. The molecule has 1 heterocycles. The van der Waals surface area contributed by atoms with Crippen molar-refractivity contribution in [3.63, 3.8) is 0 Å². The molecule has 20 heavy (non-hydrogen) atoms. The van der Waals surface area contributed by atoms with E-state index >= 15 is 0 Å². The molecule has 0 aliphatic heterocycles. The molecule has 1 aromatic heterocycles. The van der Waals surface area contributed by atoms with Crippen LogP contribution in [0.2, 0.25) is 0 Å². The van der Waals surface area contributed by atoms with E-state index < -0.39 is 0 Å². The fourth-order valence-corrected chi connectivity index (χ4v) is 2.71. The summed E-state index contributed by atoms with van der Waals surface area (Å²) >= 11 is 1.72. The Kier molecular flexibility index (Phi) is 4.76. The predicted octanol–water partition coefficient (Wildman–Crippen LogP) is 2.66. The van der Waals surface area contributed by atoms with Crippen molar-refractivity contribution in [1.29, 1.82) is 0 Å². The van der Waals surface area contributed by atoms with Crippen molar-refractivity contribution in [2.75, 3.05) is 19.0 Å². The Morgan fingerprint density at radius 3 is 2.80 bits per heavy atom. The lowest BCUT2D eigenvalue weighted by atomic mass is 10.1. The molecule has 0 bridgehead atoms. The van der Waals surface area contributed by atoms with Crippen LogP contribution in [-0.4, -0.2) is 24.4 Å². The summed E-state index contributed by atoms with van der Waals surface area (Å²) in [5.41, 5.74) is 5.10. The van der Waals surface area contributed by atoms with Gasteiger partial charge in [0.1, 0.15) is 0 Å². The van der Waals surface area contributed by atoms with E-state index in [1.165, 1.54) is 4.88 Å². The van der Waals surface area contributed by atoms with Crippen LogP contribution in [0.3, 0.4) is 0 Å². The summed E-state index contributed by atoms with van der Waals surface area (Å²) in [5, 5.41) is 2.05. The normalized spacial score (nSPS) is 10.3. The number of likely N-dealkylation sites (N-methyl/N-ethyl adjacent to an activating group) is 1. The van der Waals surface area contributed by atoms with Crippen LogP contribution in [0.25, 0.3) is 0 Å². The number of thiophene rings is 1. The monoisotopic (exact) mass is 289 g/mol. The molecule has 4 nitrogen and oxygen atoms in total. The first-order valence-corrected chi connectivity index (χ1v) is 7.35. The zero-order valence-electron chi connectivity index (χ0n) is 11.7. The van der Waals surface area contributed by atoms with Crippen LogP contribution in [0.5, 0.6) is 0 Å². The molecule has 0 aliphatic rings. The fraction of sp³-hybridized carbons (Fsp3) is 0.267. The summed E-state index contributed by atoms with van der Waals surface area (Å²) in [6, 6.07) is 9.61. The first-order valence-electron chi connectivity index (χ1n) is 6.47. The molecule has 0 spiro atoms. The van der Waals surface area contributed by atoms with Crippen molar-refractivity contribution >= 4 is 22.9 Å². The Morgan fingerprint density at radius 2 is 2.20 bits per heavy atom. The van der Waals surface area contributed by atoms with Gasteiger partial charge in [0, 0.05) is 24.0 Å². The van der Waals surface area contributed by atoms with Crippen LogP contribution >= 0.6 is 11.3 Å². The number of amides is 1. The standard InChI is InChI=1S/C15H19N3OS/c1-11-10-12(5-6-14(11)17-16)15(19)18(2)8-7-13-4-3-9-20-13/h3-6,9-10,17H,7-8,16H2,1-2H3. The molecule has 106 valence electrons. The molecule has 0 unspecified atom stereocenters. The van der Waals surface area contributed by atoms with Crippen LogP contribution in [0.1, 0.15) is 20.8 Å². The first kappa shape index (κ1) is 14.6. The number of benzene rings is 1. The third-order valence-electron chi connectivity index (χ3n) is 3.25. The first-order chi connectivity index (χ1) is 9.61. The van der Waals surface area contributed by atoms with E-state index in [2.05, 4.69) is 16.9 Å². The van der Waals surface area contributed by atoms with Gasteiger partial charge in [-0.15, -0.1) is 11.3 Å². The molecule has 0 radical (unpaired) electrons. The third kappa shape index (κ3) is 3.37. The van der Waals surface area contributed by atoms with Crippen LogP contribution in [0.4, 0.5) is 5.69 Å². The Labute approximate surface area is 123 Å². The number of carbonyl (C=O) groups excluding carboxylic acids is 1. The minimum Gasteiger partial charge on any atom is -0.341 e. The van der Waals surface area contributed by atoms with E-state index in [1.54, 1.807) is 22.3 Å². The Bertz CT molecular complexity index is 581. The molecule has 0 fully saturated rings. The van der Waals surface area contributed by atoms with E-state index in [4.69, 9.17) is 5.84 Å². The van der Waals surface area contributed by atoms with Gasteiger partial charge in [-0.25, -0.2) is 0 Å². The van der Waals surface area contributed by atoms with Crippen molar-refractivity contribution in [3.8, 4) is 0 Å². The molecular formula is C15H19N3OS. The van der Waals surface area contributed by atoms with E-state index in [9.17, 15) is 4.79 Å². The number of rotatable bonds is 5. The molecule has 5 heteroatoms. The number of hydrazine groups is 1. The largest absolute Gasteiger partial charge is 0.341 e. The van der Waals surface area contributed by atoms with Crippen molar-refractivity contribution in [2.24, 2.45) is 5.84 Å². The molecule has 2 aromatic rings. The SMILES string of the molecule is Cc1cc(C(=O)N(C)CCc2cccs2)ccc1NN. The van der Waals surface area contributed by atoms with E-state index in [0.29, 0.717) is 5.56 Å².